The Kier molecular flexibility index (Phi) is 5.34. The van der Waals surface area contributed by atoms with Crippen molar-refractivity contribution in [3.8, 4) is 28.5 Å². The molecule has 0 bridgehead atoms. The van der Waals surface area contributed by atoms with Crippen LogP contribution < -0.4 is 15.2 Å². The molecular weight excluding hydrogens is 393 g/mol. The van der Waals surface area contributed by atoms with E-state index < -0.39 is 5.97 Å². The van der Waals surface area contributed by atoms with Crippen LogP contribution in [0.3, 0.4) is 0 Å². The minimum atomic E-state index is -1.16. The predicted molar refractivity (Wildman–Crippen MR) is 102 cm³/mol. The Hall–Kier alpha value is -3.03. The van der Waals surface area contributed by atoms with Gasteiger partial charge in [0, 0.05) is 40.2 Å². The van der Waals surface area contributed by atoms with Crippen LogP contribution in [-0.4, -0.2) is 28.2 Å². The van der Waals surface area contributed by atoms with E-state index in [2.05, 4.69) is 9.97 Å². The Balaban J connectivity index is 2.11. The molecule has 138 valence electrons. The van der Waals surface area contributed by atoms with Crippen molar-refractivity contribution in [2.75, 3.05) is 12.8 Å². The fourth-order valence-corrected chi connectivity index (χ4v) is 2.83. The number of nitrogens with two attached hydrogens (primary N) is 1. The van der Waals surface area contributed by atoms with E-state index in [9.17, 15) is 9.90 Å². The summed E-state index contributed by atoms with van der Waals surface area (Å²) in [6.45, 7) is 0. The van der Waals surface area contributed by atoms with Gasteiger partial charge in [-0.05, 0) is 18.2 Å². The lowest BCUT2D eigenvalue weighted by molar-refractivity contribution is 0.0697. The summed E-state index contributed by atoms with van der Waals surface area (Å²) in [5.74, 6) is -0.301. The van der Waals surface area contributed by atoms with Crippen molar-refractivity contribution in [2.45, 2.75) is 0 Å². The van der Waals surface area contributed by atoms with E-state index in [4.69, 9.17) is 38.4 Å². The molecular formula is C18H13Cl2N3O4. The maximum absolute atomic E-state index is 11.6. The molecule has 0 saturated carbocycles. The van der Waals surface area contributed by atoms with E-state index in [1.807, 2.05) is 0 Å². The number of nitrogen functional groups attached to an aromatic ring is 1. The zero-order chi connectivity index (χ0) is 19.6. The van der Waals surface area contributed by atoms with Gasteiger partial charge in [-0.1, -0.05) is 23.2 Å². The maximum Gasteiger partial charge on any atom is 0.337 e. The number of rotatable bonds is 5. The molecule has 0 fully saturated rings. The summed E-state index contributed by atoms with van der Waals surface area (Å²) >= 11 is 11.9. The van der Waals surface area contributed by atoms with Crippen LogP contribution in [0.5, 0.6) is 17.4 Å². The quantitative estimate of drug-likeness (QED) is 0.473. The van der Waals surface area contributed by atoms with E-state index >= 15 is 0 Å². The molecule has 0 atom stereocenters. The molecule has 27 heavy (non-hydrogen) atoms. The molecule has 3 aromatic rings. The van der Waals surface area contributed by atoms with E-state index in [1.165, 1.54) is 31.6 Å². The highest BCUT2D eigenvalue weighted by Gasteiger charge is 2.18. The van der Waals surface area contributed by atoms with Crippen LogP contribution in [0.15, 0.2) is 42.7 Å². The number of hydrogen-bond acceptors (Lipinski definition) is 6. The van der Waals surface area contributed by atoms with Crippen molar-refractivity contribution in [1.82, 2.24) is 9.97 Å². The first kappa shape index (κ1) is 18.8. The summed E-state index contributed by atoms with van der Waals surface area (Å²) in [4.78, 5) is 19.6. The molecule has 3 N–H and O–H groups in total. The first-order chi connectivity index (χ1) is 12.9. The molecule has 0 amide bonds. The molecule has 0 spiro atoms. The zero-order valence-electron chi connectivity index (χ0n) is 13.9. The van der Waals surface area contributed by atoms with E-state index in [0.29, 0.717) is 33.3 Å². The second-order valence-electron chi connectivity index (χ2n) is 5.40. The fraction of sp³-hybridized carbons (Fsp3) is 0.0556. The zero-order valence-corrected chi connectivity index (χ0v) is 15.5. The van der Waals surface area contributed by atoms with Gasteiger partial charge < -0.3 is 20.3 Å². The minimum Gasteiger partial charge on any atom is -0.494 e. The van der Waals surface area contributed by atoms with Gasteiger partial charge in [-0.25, -0.2) is 14.8 Å². The molecule has 0 saturated heterocycles. The van der Waals surface area contributed by atoms with Crippen LogP contribution >= 0.6 is 23.2 Å². The summed E-state index contributed by atoms with van der Waals surface area (Å²) in [6, 6.07) is 7.68. The highest BCUT2D eigenvalue weighted by atomic mass is 35.5. The van der Waals surface area contributed by atoms with Gasteiger partial charge in [0.1, 0.15) is 16.7 Å². The van der Waals surface area contributed by atoms with E-state index in [1.54, 1.807) is 18.2 Å². The van der Waals surface area contributed by atoms with E-state index in [0.717, 1.165) is 0 Å². The number of ether oxygens (including phenoxy) is 2. The maximum atomic E-state index is 11.6. The van der Waals surface area contributed by atoms with E-state index in [-0.39, 0.29) is 16.6 Å². The van der Waals surface area contributed by atoms with Gasteiger partial charge in [0.25, 0.3) is 0 Å². The number of carboxylic acids is 1. The number of halogens is 2. The number of anilines is 1. The number of carbonyl (C=O) groups is 1. The van der Waals surface area contributed by atoms with Gasteiger partial charge in [-0.3, -0.25) is 0 Å². The fourth-order valence-electron chi connectivity index (χ4n) is 2.44. The number of benzene rings is 1. The molecule has 0 radical (unpaired) electrons. The Bertz CT molecular complexity index is 1010. The number of pyridine rings is 2. The third kappa shape index (κ3) is 4.21. The molecule has 2 aromatic heterocycles. The largest absolute Gasteiger partial charge is 0.494 e. The topological polar surface area (TPSA) is 108 Å². The summed E-state index contributed by atoms with van der Waals surface area (Å²) in [5, 5.41) is 10.1. The first-order valence-corrected chi connectivity index (χ1v) is 8.30. The third-order valence-electron chi connectivity index (χ3n) is 3.57. The number of methoxy groups -OCH3 is 1. The van der Waals surface area contributed by atoms with Crippen LogP contribution in [-0.2, 0) is 0 Å². The van der Waals surface area contributed by atoms with Gasteiger partial charge in [0.15, 0.2) is 0 Å². The summed E-state index contributed by atoms with van der Waals surface area (Å²) in [5.41, 5.74) is 6.87. The van der Waals surface area contributed by atoms with Gasteiger partial charge in [0.2, 0.25) is 5.88 Å². The second kappa shape index (κ2) is 7.69. The van der Waals surface area contributed by atoms with Crippen LogP contribution in [0.2, 0.25) is 10.2 Å². The first-order valence-electron chi connectivity index (χ1n) is 7.54. The molecule has 3 rings (SSSR count). The Morgan fingerprint density at radius 3 is 2.52 bits per heavy atom. The van der Waals surface area contributed by atoms with Gasteiger partial charge >= 0.3 is 5.97 Å². The van der Waals surface area contributed by atoms with Crippen molar-refractivity contribution in [3.63, 3.8) is 0 Å². The molecule has 7 nitrogen and oxygen atoms in total. The summed E-state index contributed by atoms with van der Waals surface area (Å²) in [7, 11) is 1.45. The molecule has 1 aromatic carbocycles. The monoisotopic (exact) mass is 405 g/mol. The Labute approximate surface area is 164 Å². The van der Waals surface area contributed by atoms with Crippen molar-refractivity contribution < 1.29 is 19.4 Å². The molecule has 9 heteroatoms. The second-order valence-corrected chi connectivity index (χ2v) is 6.23. The smallest absolute Gasteiger partial charge is 0.337 e. The highest BCUT2D eigenvalue weighted by molar-refractivity contribution is 6.31. The number of hydrogen-bond donors (Lipinski definition) is 2. The highest BCUT2D eigenvalue weighted by Crippen LogP contribution is 2.36. The molecule has 0 aliphatic heterocycles. The number of carboxylic acid groups (broad SMARTS) is 1. The van der Waals surface area contributed by atoms with Gasteiger partial charge in [0.05, 0.1) is 18.9 Å². The van der Waals surface area contributed by atoms with Crippen LogP contribution in [0, 0.1) is 0 Å². The molecule has 2 heterocycles. The average molecular weight is 406 g/mol. The molecule has 0 aliphatic rings. The van der Waals surface area contributed by atoms with Gasteiger partial charge in [-0.15, -0.1) is 0 Å². The Morgan fingerprint density at radius 2 is 1.85 bits per heavy atom. The van der Waals surface area contributed by atoms with Crippen molar-refractivity contribution in [3.05, 3.63) is 58.5 Å². The number of aromatic nitrogens is 2. The molecule has 0 aliphatic carbocycles. The number of aromatic carboxylic acids is 1. The van der Waals surface area contributed by atoms with Crippen LogP contribution in [0.25, 0.3) is 11.1 Å². The lowest BCUT2D eigenvalue weighted by Crippen LogP contribution is -2.03. The van der Waals surface area contributed by atoms with Crippen molar-refractivity contribution in [2.24, 2.45) is 0 Å². The average Bonchev–Trinajstić information content (AvgIpc) is 2.60. The number of nitrogens with zero attached hydrogens (tertiary/aromatic N) is 2. The molecule has 0 unspecified atom stereocenters. The summed E-state index contributed by atoms with van der Waals surface area (Å²) in [6.07, 6.45) is 2.59. The third-order valence-corrected chi connectivity index (χ3v) is 3.99. The van der Waals surface area contributed by atoms with Crippen LogP contribution in [0.4, 0.5) is 5.69 Å². The SMILES string of the molecule is COc1cnc(Cl)cc1-c1cc(Oc2cc(N)cc(Cl)c2)ncc1C(=O)O. The Morgan fingerprint density at radius 1 is 1.07 bits per heavy atom. The predicted octanol–water partition coefficient (Wildman–Crippen LogP) is 4.53. The van der Waals surface area contributed by atoms with Crippen molar-refractivity contribution in [1.29, 1.82) is 0 Å². The van der Waals surface area contributed by atoms with Crippen LogP contribution in [0.1, 0.15) is 10.4 Å². The lowest BCUT2D eigenvalue weighted by atomic mass is 10.0. The normalized spacial score (nSPS) is 10.5. The lowest BCUT2D eigenvalue weighted by Gasteiger charge is -2.13. The minimum absolute atomic E-state index is 0.0477. The van der Waals surface area contributed by atoms with Crippen molar-refractivity contribution >= 4 is 34.9 Å². The standard InChI is InChI=1S/C18H13Cl2N3O4/c1-26-15-8-22-16(20)5-13(15)12-6-17(23-7-14(12)18(24)25)27-11-3-9(19)2-10(21)4-11/h2-8H,21H2,1H3,(H,24,25). The van der Waals surface area contributed by atoms with Gasteiger partial charge in [-0.2, -0.15) is 0 Å². The summed E-state index contributed by atoms with van der Waals surface area (Å²) < 4.78 is 11.0.